The molecule has 0 aromatic heterocycles. The predicted molar refractivity (Wildman–Crippen MR) is 98.8 cm³/mol. The van der Waals surface area contributed by atoms with Gasteiger partial charge < -0.3 is 15.4 Å². The molecule has 0 radical (unpaired) electrons. The number of rotatable bonds is 4. The van der Waals surface area contributed by atoms with Crippen LogP contribution in [0.2, 0.25) is 0 Å². The molecular formula is C20H20N2O3. The maximum Gasteiger partial charge on any atom is 0.248 e. The molecule has 0 saturated carbocycles. The van der Waals surface area contributed by atoms with Gasteiger partial charge in [0.15, 0.2) is 0 Å². The molecular weight excluding hydrogens is 316 g/mol. The summed E-state index contributed by atoms with van der Waals surface area (Å²) in [5, 5.41) is 5.65. The van der Waals surface area contributed by atoms with Crippen molar-refractivity contribution in [1.82, 2.24) is 0 Å². The van der Waals surface area contributed by atoms with Gasteiger partial charge in [0.1, 0.15) is 5.75 Å². The zero-order valence-corrected chi connectivity index (χ0v) is 14.4. The number of carbonyl (C=O) groups excluding carboxylic acids is 2. The molecule has 1 heterocycles. The second-order valence-electron chi connectivity index (χ2n) is 6.44. The van der Waals surface area contributed by atoms with E-state index in [2.05, 4.69) is 10.6 Å². The normalized spacial score (nSPS) is 14.9. The molecule has 0 saturated heterocycles. The molecule has 1 aliphatic rings. The van der Waals surface area contributed by atoms with E-state index in [1.165, 1.54) is 6.08 Å². The lowest BCUT2D eigenvalue weighted by molar-refractivity contribution is -0.119. The Balaban J connectivity index is 1.71. The number of fused-ring (bicyclic) bond motifs is 1. The van der Waals surface area contributed by atoms with E-state index in [4.69, 9.17) is 4.74 Å². The Labute approximate surface area is 146 Å². The van der Waals surface area contributed by atoms with Crippen molar-refractivity contribution in [1.29, 1.82) is 0 Å². The minimum Gasteiger partial charge on any atom is -0.497 e. The standard InChI is InChI=1S/C20H20N2O3/c1-20(2)16-9-8-14(12-17(16)22-19(20)24)21-18(23)10-7-13-5-4-6-15(11-13)25-3/h4-12H,1-3H3,(H,21,23)(H,22,24)/b10-7+. The van der Waals surface area contributed by atoms with E-state index in [1.807, 2.05) is 44.2 Å². The predicted octanol–water partition coefficient (Wildman–Crippen LogP) is 3.58. The maximum atomic E-state index is 12.1. The lowest BCUT2D eigenvalue weighted by atomic mass is 9.86. The molecule has 1 aliphatic heterocycles. The summed E-state index contributed by atoms with van der Waals surface area (Å²) in [6.07, 6.45) is 3.18. The summed E-state index contributed by atoms with van der Waals surface area (Å²) in [5.74, 6) is 0.454. The third-order valence-electron chi connectivity index (χ3n) is 4.30. The summed E-state index contributed by atoms with van der Waals surface area (Å²) < 4.78 is 5.16. The quantitative estimate of drug-likeness (QED) is 0.839. The monoisotopic (exact) mass is 336 g/mol. The smallest absolute Gasteiger partial charge is 0.248 e. The number of ether oxygens (including phenoxy) is 1. The number of methoxy groups -OCH3 is 1. The third kappa shape index (κ3) is 3.40. The lowest BCUT2D eigenvalue weighted by Crippen LogP contribution is -2.26. The highest BCUT2D eigenvalue weighted by Crippen LogP contribution is 2.38. The summed E-state index contributed by atoms with van der Waals surface area (Å²) in [4.78, 5) is 24.1. The van der Waals surface area contributed by atoms with Crippen LogP contribution < -0.4 is 15.4 Å². The average molecular weight is 336 g/mol. The molecule has 25 heavy (non-hydrogen) atoms. The summed E-state index contributed by atoms with van der Waals surface area (Å²) >= 11 is 0. The van der Waals surface area contributed by atoms with E-state index in [-0.39, 0.29) is 11.8 Å². The zero-order valence-electron chi connectivity index (χ0n) is 14.4. The number of hydrogen-bond donors (Lipinski definition) is 2. The number of benzene rings is 2. The van der Waals surface area contributed by atoms with Crippen molar-refractivity contribution >= 4 is 29.3 Å². The molecule has 0 fully saturated rings. The number of anilines is 2. The van der Waals surface area contributed by atoms with Gasteiger partial charge in [-0.25, -0.2) is 0 Å². The fourth-order valence-corrected chi connectivity index (χ4v) is 2.77. The highest BCUT2D eigenvalue weighted by Gasteiger charge is 2.38. The van der Waals surface area contributed by atoms with E-state index >= 15 is 0 Å². The summed E-state index contributed by atoms with van der Waals surface area (Å²) in [5.41, 5.74) is 2.63. The van der Waals surface area contributed by atoms with Crippen molar-refractivity contribution < 1.29 is 14.3 Å². The van der Waals surface area contributed by atoms with Gasteiger partial charge in [-0.05, 0) is 55.3 Å². The third-order valence-corrected chi connectivity index (χ3v) is 4.30. The van der Waals surface area contributed by atoms with Crippen molar-refractivity contribution in [2.45, 2.75) is 19.3 Å². The van der Waals surface area contributed by atoms with Gasteiger partial charge in [-0.15, -0.1) is 0 Å². The van der Waals surface area contributed by atoms with Crippen molar-refractivity contribution in [3.8, 4) is 5.75 Å². The molecule has 3 rings (SSSR count). The van der Waals surface area contributed by atoms with Crippen LogP contribution in [0.15, 0.2) is 48.5 Å². The molecule has 5 nitrogen and oxygen atoms in total. The van der Waals surface area contributed by atoms with Crippen LogP contribution in [-0.2, 0) is 15.0 Å². The SMILES string of the molecule is COc1cccc(/C=C/C(=O)Nc2ccc3c(c2)NC(=O)C3(C)C)c1. The summed E-state index contributed by atoms with van der Waals surface area (Å²) in [7, 11) is 1.60. The Morgan fingerprint density at radius 1 is 1.20 bits per heavy atom. The highest BCUT2D eigenvalue weighted by atomic mass is 16.5. The molecule has 0 spiro atoms. The largest absolute Gasteiger partial charge is 0.497 e. The van der Waals surface area contributed by atoms with Crippen LogP contribution in [0.1, 0.15) is 25.0 Å². The van der Waals surface area contributed by atoms with Gasteiger partial charge in [0, 0.05) is 17.5 Å². The van der Waals surface area contributed by atoms with E-state index < -0.39 is 5.41 Å². The van der Waals surface area contributed by atoms with E-state index in [0.29, 0.717) is 5.69 Å². The molecule has 5 heteroatoms. The summed E-state index contributed by atoms with van der Waals surface area (Å²) in [6.45, 7) is 3.76. The van der Waals surface area contributed by atoms with Gasteiger partial charge in [-0.2, -0.15) is 0 Å². The van der Waals surface area contributed by atoms with Crippen LogP contribution in [0.4, 0.5) is 11.4 Å². The average Bonchev–Trinajstić information content (AvgIpc) is 2.82. The van der Waals surface area contributed by atoms with Crippen molar-refractivity contribution in [3.63, 3.8) is 0 Å². The Bertz CT molecular complexity index is 869. The van der Waals surface area contributed by atoms with Gasteiger partial charge >= 0.3 is 0 Å². The van der Waals surface area contributed by atoms with Gasteiger partial charge in [0.05, 0.1) is 12.5 Å². The van der Waals surface area contributed by atoms with E-state index in [1.54, 1.807) is 25.3 Å². The first kappa shape index (κ1) is 16.8. The van der Waals surface area contributed by atoms with Crippen molar-refractivity contribution in [3.05, 3.63) is 59.7 Å². The first-order valence-electron chi connectivity index (χ1n) is 7.99. The van der Waals surface area contributed by atoms with E-state index in [0.717, 1.165) is 22.6 Å². The first-order chi connectivity index (χ1) is 11.9. The lowest BCUT2D eigenvalue weighted by Gasteiger charge is -2.15. The molecule has 2 aromatic carbocycles. The zero-order chi connectivity index (χ0) is 18.0. The molecule has 0 bridgehead atoms. The first-order valence-corrected chi connectivity index (χ1v) is 7.99. The Kier molecular flexibility index (Phi) is 4.31. The Hall–Kier alpha value is -3.08. The minimum absolute atomic E-state index is 0.0381. The van der Waals surface area contributed by atoms with Gasteiger partial charge in [0.2, 0.25) is 11.8 Å². The van der Waals surface area contributed by atoms with Crippen LogP contribution >= 0.6 is 0 Å². The number of hydrogen-bond acceptors (Lipinski definition) is 3. The highest BCUT2D eigenvalue weighted by molar-refractivity contribution is 6.07. The Morgan fingerprint density at radius 2 is 2.00 bits per heavy atom. The second kappa shape index (κ2) is 6.43. The molecule has 0 aliphatic carbocycles. The Morgan fingerprint density at radius 3 is 2.76 bits per heavy atom. The fraction of sp³-hybridized carbons (Fsp3) is 0.200. The van der Waals surface area contributed by atoms with Crippen LogP contribution in [0.25, 0.3) is 6.08 Å². The van der Waals surface area contributed by atoms with Crippen LogP contribution in [-0.4, -0.2) is 18.9 Å². The fourth-order valence-electron chi connectivity index (χ4n) is 2.77. The molecule has 2 amide bonds. The second-order valence-corrected chi connectivity index (χ2v) is 6.44. The van der Waals surface area contributed by atoms with Crippen LogP contribution in [0.3, 0.4) is 0 Å². The van der Waals surface area contributed by atoms with E-state index in [9.17, 15) is 9.59 Å². The number of carbonyl (C=O) groups is 2. The van der Waals surface area contributed by atoms with Gasteiger partial charge in [0.25, 0.3) is 0 Å². The maximum absolute atomic E-state index is 12.1. The molecule has 2 N–H and O–H groups in total. The topological polar surface area (TPSA) is 67.4 Å². The molecule has 0 unspecified atom stereocenters. The minimum atomic E-state index is -0.551. The number of amides is 2. The molecule has 2 aromatic rings. The molecule has 0 atom stereocenters. The van der Waals surface area contributed by atoms with Gasteiger partial charge in [-0.1, -0.05) is 18.2 Å². The van der Waals surface area contributed by atoms with Crippen LogP contribution in [0, 0.1) is 0 Å². The van der Waals surface area contributed by atoms with Crippen molar-refractivity contribution in [2.24, 2.45) is 0 Å². The van der Waals surface area contributed by atoms with Crippen molar-refractivity contribution in [2.75, 3.05) is 17.7 Å². The molecule has 128 valence electrons. The van der Waals surface area contributed by atoms with Gasteiger partial charge in [-0.3, -0.25) is 9.59 Å². The van der Waals surface area contributed by atoms with Crippen LogP contribution in [0.5, 0.6) is 5.75 Å². The number of nitrogens with one attached hydrogen (secondary N) is 2. The summed E-state index contributed by atoms with van der Waals surface area (Å²) in [6, 6.07) is 12.9.